The van der Waals surface area contributed by atoms with Gasteiger partial charge in [0.15, 0.2) is 5.82 Å². The molecule has 2 rings (SSSR count). The first-order valence-corrected chi connectivity index (χ1v) is 5.73. The van der Waals surface area contributed by atoms with Crippen LogP contribution >= 0.6 is 22.6 Å². The van der Waals surface area contributed by atoms with Crippen LogP contribution in [0.2, 0.25) is 0 Å². The largest absolute Gasteiger partial charge is 0.427 e. The van der Waals surface area contributed by atoms with E-state index in [1.807, 2.05) is 22.6 Å². The summed E-state index contributed by atoms with van der Waals surface area (Å²) in [6.07, 6.45) is 2.67. The number of hydrogen-bond donors (Lipinski definition) is 0. The molecule has 6 nitrogen and oxygen atoms in total. The van der Waals surface area contributed by atoms with Crippen molar-refractivity contribution in [2.45, 2.75) is 0 Å². The Kier molecular flexibility index (Phi) is 3.65. The number of ether oxygens (including phenoxy) is 1. The van der Waals surface area contributed by atoms with Crippen LogP contribution in [-0.4, -0.2) is 14.9 Å². The summed E-state index contributed by atoms with van der Waals surface area (Å²) in [5.74, 6) is -1.21. The number of nitro benzene ring substituents is 1. The van der Waals surface area contributed by atoms with E-state index in [0.29, 0.717) is 3.57 Å². The van der Waals surface area contributed by atoms with E-state index in [4.69, 9.17) is 4.74 Å². The Morgan fingerprint density at radius 3 is 2.89 bits per heavy atom. The molecule has 2 aromatic rings. The van der Waals surface area contributed by atoms with Crippen LogP contribution in [0.3, 0.4) is 0 Å². The third-order valence-corrected chi connectivity index (χ3v) is 2.72. The molecule has 0 radical (unpaired) electrons. The molecule has 0 aliphatic carbocycles. The number of para-hydroxylation sites is 1. The number of hydrogen-bond acceptors (Lipinski definition) is 5. The first-order valence-electron chi connectivity index (χ1n) is 4.66. The molecule has 0 saturated carbocycles. The zero-order valence-electron chi connectivity index (χ0n) is 8.71. The van der Waals surface area contributed by atoms with Crippen molar-refractivity contribution in [3.05, 3.63) is 50.2 Å². The highest BCUT2D eigenvalue weighted by atomic mass is 127. The van der Waals surface area contributed by atoms with Gasteiger partial charge in [0.25, 0.3) is 0 Å². The van der Waals surface area contributed by atoms with E-state index in [1.165, 1.54) is 18.6 Å². The van der Waals surface area contributed by atoms with Crippen LogP contribution in [0, 0.1) is 19.5 Å². The maximum atomic E-state index is 13.6. The zero-order valence-corrected chi connectivity index (χ0v) is 10.9. The van der Waals surface area contributed by atoms with E-state index in [9.17, 15) is 14.5 Å². The molecule has 0 amide bonds. The quantitative estimate of drug-likeness (QED) is 0.477. The lowest BCUT2D eigenvalue weighted by Crippen LogP contribution is -1.98. The van der Waals surface area contributed by atoms with Gasteiger partial charge >= 0.3 is 5.69 Å². The molecule has 0 bridgehead atoms. The van der Waals surface area contributed by atoms with E-state index in [0.717, 1.165) is 12.1 Å². The SMILES string of the molecule is O=[N+]([O-])c1cccc(F)c1Oc1ncncc1I. The summed E-state index contributed by atoms with van der Waals surface area (Å²) in [5, 5.41) is 10.8. The standard InChI is InChI=1S/C10H5FIN3O3/c11-6-2-1-3-8(15(16)17)9(6)18-10-7(12)4-13-5-14-10/h1-5H. The van der Waals surface area contributed by atoms with Gasteiger partial charge in [-0.1, -0.05) is 6.07 Å². The summed E-state index contributed by atoms with van der Waals surface area (Å²) in [4.78, 5) is 17.6. The van der Waals surface area contributed by atoms with Crippen molar-refractivity contribution in [1.82, 2.24) is 9.97 Å². The Morgan fingerprint density at radius 2 is 2.22 bits per heavy atom. The minimum Gasteiger partial charge on any atom is -0.427 e. The number of nitrogens with zero attached hydrogens (tertiary/aromatic N) is 3. The van der Waals surface area contributed by atoms with E-state index in [2.05, 4.69) is 9.97 Å². The number of rotatable bonds is 3. The van der Waals surface area contributed by atoms with Gasteiger partial charge in [-0.05, 0) is 28.7 Å². The lowest BCUT2D eigenvalue weighted by atomic mass is 10.3. The first-order chi connectivity index (χ1) is 8.59. The first kappa shape index (κ1) is 12.6. The van der Waals surface area contributed by atoms with Crippen molar-refractivity contribution in [3.8, 4) is 11.6 Å². The average molecular weight is 361 g/mol. The number of aromatic nitrogens is 2. The number of halogens is 2. The monoisotopic (exact) mass is 361 g/mol. The highest BCUT2D eigenvalue weighted by Crippen LogP contribution is 2.34. The topological polar surface area (TPSA) is 78.2 Å². The second-order valence-electron chi connectivity index (χ2n) is 3.12. The summed E-state index contributed by atoms with van der Waals surface area (Å²) in [6, 6.07) is 3.48. The Labute approximate surface area is 114 Å². The van der Waals surface area contributed by atoms with E-state index in [1.54, 1.807) is 0 Å². The third kappa shape index (κ3) is 2.53. The van der Waals surface area contributed by atoms with Crippen LogP contribution < -0.4 is 4.74 Å². The predicted octanol–water partition coefficient (Wildman–Crippen LogP) is 2.92. The van der Waals surface area contributed by atoms with Crippen LogP contribution in [0.25, 0.3) is 0 Å². The van der Waals surface area contributed by atoms with Crippen molar-refractivity contribution in [1.29, 1.82) is 0 Å². The van der Waals surface area contributed by atoms with Crippen molar-refractivity contribution < 1.29 is 14.1 Å². The normalized spacial score (nSPS) is 10.1. The molecule has 92 valence electrons. The van der Waals surface area contributed by atoms with Gasteiger partial charge in [-0.15, -0.1) is 0 Å². The second-order valence-corrected chi connectivity index (χ2v) is 4.29. The summed E-state index contributed by atoms with van der Waals surface area (Å²) < 4.78 is 19.2. The molecular formula is C10H5FIN3O3. The fourth-order valence-corrected chi connectivity index (χ4v) is 1.63. The number of benzene rings is 1. The van der Waals surface area contributed by atoms with E-state index < -0.39 is 22.2 Å². The van der Waals surface area contributed by atoms with Crippen molar-refractivity contribution >= 4 is 28.3 Å². The van der Waals surface area contributed by atoms with Gasteiger partial charge in [-0.25, -0.2) is 14.4 Å². The summed E-state index contributed by atoms with van der Waals surface area (Å²) >= 11 is 1.89. The van der Waals surface area contributed by atoms with Gasteiger partial charge in [-0.2, -0.15) is 0 Å². The third-order valence-electron chi connectivity index (χ3n) is 1.98. The van der Waals surface area contributed by atoms with Gasteiger partial charge in [0, 0.05) is 12.3 Å². The molecule has 18 heavy (non-hydrogen) atoms. The summed E-state index contributed by atoms with van der Waals surface area (Å²) in [7, 11) is 0. The second kappa shape index (κ2) is 5.21. The minimum atomic E-state index is -0.821. The smallest absolute Gasteiger partial charge is 0.314 e. The molecule has 1 aromatic heterocycles. The highest BCUT2D eigenvalue weighted by Gasteiger charge is 2.21. The van der Waals surface area contributed by atoms with Gasteiger partial charge in [-0.3, -0.25) is 10.1 Å². The van der Waals surface area contributed by atoms with Crippen LogP contribution in [0.5, 0.6) is 11.6 Å². The maximum Gasteiger partial charge on any atom is 0.314 e. The van der Waals surface area contributed by atoms with E-state index >= 15 is 0 Å². The maximum absolute atomic E-state index is 13.6. The van der Waals surface area contributed by atoms with Crippen molar-refractivity contribution in [2.24, 2.45) is 0 Å². The van der Waals surface area contributed by atoms with Gasteiger partial charge in [0.2, 0.25) is 11.6 Å². The molecule has 8 heteroatoms. The van der Waals surface area contributed by atoms with Gasteiger partial charge < -0.3 is 4.74 Å². The Bertz CT molecular complexity index is 609. The van der Waals surface area contributed by atoms with Crippen LogP contribution in [0.15, 0.2) is 30.7 Å². The molecule has 0 aliphatic rings. The summed E-state index contributed by atoms with van der Waals surface area (Å²) in [5.41, 5.74) is -0.454. The Balaban J connectivity index is 2.46. The molecule has 0 unspecified atom stereocenters. The fraction of sp³-hybridized carbons (Fsp3) is 0. The van der Waals surface area contributed by atoms with Crippen LogP contribution in [-0.2, 0) is 0 Å². The predicted molar refractivity (Wildman–Crippen MR) is 67.9 cm³/mol. The fourth-order valence-electron chi connectivity index (χ4n) is 1.22. The lowest BCUT2D eigenvalue weighted by molar-refractivity contribution is -0.385. The molecule has 0 fully saturated rings. The van der Waals surface area contributed by atoms with Crippen molar-refractivity contribution in [3.63, 3.8) is 0 Å². The molecule has 0 spiro atoms. The van der Waals surface area contributed by atoms with Crippen LogP contribution in [0.1, 0.15) is 0 Å². The molecule has 0 saturated heterocycles. The lowest BCUT2D eigenvalue weighted by Gasteiger charge is -2.06. The summed E-state index contributed by atoms with van der Waals surface area (Å²) in [6.45, 7) is 0. The Hall–Kier alpha value is -1.84. The van der Waals surface area contributed by atoms with Gasteiger partial charge in [0.05, 0.1) is 8.49 Å². The molecule has 0 aliphatic heterocycles. The molecule has 0 N–H and O–H groups in total. The minimum absolute atomic E-state index is 0.0683. The molecule has 0 atom stereocenters. The van der Waals surface area contributed by atoms with Crippen LogP contribution in [0.4, 0.5) is 10.1 Å². The zero-order chi connectivity index (χ0) is 13.1. The van der Waals surface area contributed by atoms with E-state index in [-0.39, 0.29) is 5.88 Å². The molecule has 1 aromatic carbocycles. The number of nitro groups is 1. The highest BCUT2D eigenvalue weighted by molar-refractivity contribution is 14.1. The average Bonchev–Trinajstić information content (AvgIpc) is 2.34. The molecular weight excluding hydrogens is 356 g/mol. The molecule has 1 heterocycles. The van der Waals surface area contributed by atoms with Gasteiger partial charge in [0.1, 0.15) is 6.33 Å². The van der Waals surface area contributed by atoms with Crippen molar-refractivity contribution in [2.75, 3.05) is 0 Å². The Morgan fingerprint density at radius 1 is 1.44 bits per heavy atom.